The molecule has 0 bridgehead atoms. The Hall–Kier alpha value is -2.29. The summed E-state index contributed by atoms with van der Waals surface area (Å²) in [5.74, 6) is -1.31. The molecule has 0 aromatic heterocycles. The molecule has 168 valence electrons. The highest BCUT2D eigenvalue weighted by Gasteiger charge is 2.30. The third kappa shape index (κ3) is 7.85. The monoisotopic (exact) mass is 429 g/mol. The van der Waals surface area contributed by atoms with Crippen molar-refractivity contribution in [3.63, 3.8) is 0 Å². The van der Waals surface area contributed by atoms with Crippen LogP contribution >= 0.6 is 0 Å². The first-order chi connectivity index (χ1) is 13.9. The zero-order valence-electron chi connectivity index (χ0n) is 17.8. The lowest BCUT2D eigenvalue weighted by molar-refractivity contribution is -0.123. The average molecular weight is 429 g/mol. The molecule has 1 aliphatic rings. The number of carbonyl (C=O) groups is 2. The number of nitrogens with zero attached hydrogens (tertiary/aromatic N) is 1. The Balaban J connectivity index is 1.70. The molecule has 1 aromatic rings. The Morgan fingerprint density at radius 2 is 1.90 bits per heavy atom. The molecule has 0 spiro atoms. The summed E-state index contributed by atoms with van der Waals surface area (Å²) in [6.07, 6.45) is 1.85. The number of halogens is 3. The Kier molecular flexibility index (Phi) is 8.11. The number of nitrogens with one attached hydrogen (secondary N) is 2. The molecule has 0 atom stereocenters. The van der Waals surface area contributed by atoms with Crippen molar-refractivity contribution in [2.45, 2.75) is 45.8 Å². The van der Waals surface area contributed by atoms with Crippen LogP contribution in [0.4, 0.5) is 13.2 Å². The number of hydrogen-bond acceptors (Lipinski definition) is 4. The molecule has 30 heavy (non-hydrogen) atoms. The van der Waals surface area contributed by atoms with E-state index >= 15 is 0 Å². The van der Waals surface area contributed by atoms with Crippen molar-refractivity contribution in [3.05, 3.63) is 29.6 Å². The van der Waals surface area contributed by atoms with E-state index < -0.39 is 24.1 Å². The third-order valence-corrected chi connectivity index (χ3v) is 4.79. The van der Waals surface area contributed by atoms with Crippen molar-refractivity contribution in [1.82, 2.24) is 15.5 Å². The van der Waals surface area contributed by atoms with Gasteiger partial charge in [0, 0.05) is 24.2 Å². The zero-order chi connectivity index (χ0) is 22.5. The van der Waals surface area contributed by atoms with Crippen LogP contribution in [0.3, 0.4) is 0 Å². The highest BCUT2D eigenvalue weighted by molar-refractivity contribution is 5.94. The summed E-state index contributed by atoms with van der Waals surface area (Å²) in [5, 5.41) is 5.68. The maximum Gasteiger partial charge on any atom is 0.387 e. The molecule has 2 rings (SSSR count). The number of carbonyl (C=O) groups excluding carboxylic acids is 2. The van der Waals surface area contributed by atoms with Crippen molar-refractivity contribution in [2.75, 3.05) is 26.7 Å². The number of hydrogen-bond donors (Lipinski definition) is 2. The molecule has 9 heteroatoms. The minimum atomic E-state index is -3.16. The normalized spacial score (nSPS) is 18.8. The van der Waals surface area contributed by atoms with Gasteiger partial charge in [-0.3, -0.25) is 14.5 Å². The number of likely N-dealkylation sites (N-methyl/N-ethyl adjacent to an activating group) is 1. The molecule has 0 unspecified atom stereocenters. The summed E-state index contributed by atoms with van der Waals surface area (Å²) in [6.45, 7) is 4.24. The maximum absolute atomic E-state index is 13.5. The van der Waals surface area contributed by atoms with Gasteiger partial charge in [-0.15, -0.1) is 0 Å². The van der Waals surface area contributed by atoms with E-state index in [0.717, 1.165) is 31.5 Å². The fourth-order valence-electron chi connectivity index (χ4n) is 3.57. The van der Waals surface area contributed by atoms with Gasteiger partial charge in [0.05, 0.1) is 6.54 Å². The molecule has 6 nitrogen and oxygen atoms in total. The molecule has 2 N–H and O–H groups in total. The quantitative estimate of drug-likeness (QED) is 0.633. The van der Waals surface area contributed by atoms with Crippen molar-refractivity contribution >= 4 is 11.8 Å². The van der Waals surface area contributed by atoms with Gasteiger partial charge in [-0.25, -0.2) is 4.39 Å². The van der Waals surface area contributed by atoms with Crippen LogP contribution in [0.15, 0.2) is 18.2 Å². The lowest BCUT2D eigenvalue weighted by atomic mass is 9.74. The molecule has 0 aliphatic heterocycles. The van der Waals surface area contributed by atoms with Gasteiger partial charge in [0.15, 0.2) is 11.6 Å². The number of alkyl halides is 2. The molecule has 0 radical (unpaired) electrons. The SMILES string of the molecule is CN(CC(=O)NC(C)(C)C)C[C@H]1C[C@H](CNC(=O)c2ccc(F)c(OC(F)F)c2)C1. The van der Waals surface area contributed by atoms with Gasteiger partial charge in [0.1, 0.15) is 0 Å². The second-order valence-corrected chi connectivity index (χ2v) is 8.93. The third-order valence-electron chi connectivity index (χ3n) is 4.79. The van der Waals surface area contributed by atoms with Crippen molar-refractivity contribution in [2.24, 2.45) is 11.8 Å². The molecule has 2 amide bonds. The minimum absolute atomic E-state index is 0.0115. The van der Waals surface area contributed by atoms with Crippen LogP contribution in [0.1, 0.15) is 44.0 Å². The first-order valence-electron chi connectivity index (χ1n) is 9.95. The van der Waals surface area contributed by atoms with E-state index in [0.29, 0.717) is 24.9 Å². The second kappa shape index (κ2) is 10.1. The van der Waals surface area contributed by atoms with Gasteiger partial charge in [0.25, 0.3) is 5.91 Å². The van der Waals surface area contributed by atoms with Crippen molar-refractivity contribution in [1.29, 1.82) is 0 Å². The highest BCUT2D eigenvalue weighted by atomic mass is 19.3. The molecular weight excluding hydrogens is 399 g/mol. The van der Waals surface area contributed by atoms with Gasteiger partial charge in [-0.05, 0) is 70.7 Å². The highest BCUT2D eigenvalue weighted by Crippen LogP contribution is 2.33. The molecule has 1 aromatic carbocycles. The van der Waals surface area contributed by atoms with Gasteiger partial charge in [-0.2, -0.15) is 8.78 Å². The van der Waals surface area contributed by atoms with E-state index in [1.165, 1.54) is 6.07 Å². The Morgan fingerprint density at radius 1 is 1.23 bits per heavy atom. The van der Waals surface area contributed by atoms with Gasteiger partial charge < -0.3 is 15.4 Å². The van der Waals surface area contributed by atoms with E-state index in [2.05, 4.69) is 15.4 Å². The molecule has 0 heterocycles. The summed E-state index contributed by atoms with van der Waals surface area (Å²) in [4.78, 5) is 26.2. The van der Waals surface area contributed by atoms with Crippen LogP contribution in [0.5, 0.6) is 5.75 Å². The van der Waals surface area contributed by atoms with E-state index in [9.17, 15) is 22.8 Å². The Bertz CT molecular complexity index is 747. The molecular formula is C21H30F3N3O3. The molecule has 1 aliphatic carbocycles. The smallest absolute Gasteiger partial charge is 0.387 e. The summed E-state index contributed by atoms with van der Waals surface area (Å²) in [5.41, 5.74) is -0.193. The number of benzene rings is 1. The average Bonchev–Trinajstić information content (AvgIpc) is 2.56. The topological polar surface area (TPSA) is 70.7 Å². The largest absolute Gasteiger partial charge is 0.432 e. The first kappa shape index (κ1) is 24.0. The summed E-state index contributed by atoms with van der Waals surface area (Å²) >= 11 is 0. The van der Waals surface area contributed by atoms with E-state index in [1.54, 1.807) is 0 Å². The van der Waals surface area contributed by atoms with Gasteiger partial charge in [-0.1, -0.05) is 0 Å². The van der Waals surface area contributed by atoms with Crippen LogP contribution in [-0.4, -0.2) is 55.5 Å². The Labute approximate surface area is 175 Å². The van der Waals surface area contributed by atoms with Crippen LogP contribution in [-0.2, 0) is 4.79 Å². The predicted molar refractivity (Wildman–Crippen MR) is 107 cm³/mol. The molecule has 0 saturated heterocycles. The molecule has 1 saturated carbocycles. The first-order valence-corrected chi connectivity index (χ1v) is 9.95. The summed E-state index contributed by atoms with van der Waals surface area (Å²) in [6, 6.07) is 3.12. The fraction of sp³-hybridized carbons (Fsp3) is 0.619. The molecule has 1 fully saturated rings. The Morgan fingerprint density at radius 3 is 2.50 bits per heavy atom. The van der Waals surface area contributed by atoms with Crippen LogP contribution in [0.2, 0.25) is 0 Å². The number of amides is 2. The van der Waals surface area contributed by atoms with E-state index in [-0.39, 0.29) is 17.0 Å². The number of ether oxygens (including phenoxy) is 1. The van der Waals surface area contributed by atoms with Crippen LogP contribution in [0, 0.1) is 17.7 Å². The lowest BCUT2D eigenvalue weighted by Gasteiger charge is -2.37. The summed E-state index contributed by atoms with van der Waals surface area (Å²) < 4.78 is 42.1. The van der Waals surface area contributed by atoms with E-state index in [1.807, 2.05) is 32.7 Å². The fourth-order valence-corrected chi connectivity index (χ4v) is 3.57. The predicted octanol–water partition coefficient (Wildman–Crippen LogP) is 3.03. The minimum Gasteiger partial charge on any atom is -0.432 e. The van der Waals surface area contributed by atoms with E-state index in [4.69, 9.17) is 0 Å². The van der Waals surface area contributed by atoms with Crippen molar-refractivity contribution in [3.8, 4) is 5.75 Å². The van der Waals surface area contributed by atoms with Crippen LogP contribution in [0.25, 0.3) is 0 Å². The summed E-state index contributed by atoms with van der Waals surface area (Å²) in [7, 11) is 1.91. The lowest BCUT2D eigenvalue weighted by Crippen LogP contribution is -2.47. The zero-order valence-corrected chi connectivity index (χ0v) is 17.8. The second-order valence-electron chi connectivity index (χ2n) is 8.93. The maximum atomic E-state index is 13.5. The van der Waals surface area contributed by atoms with Gasteiger partial charge in [0.2, 0.25) is 5.91 Å². The van der Waals surface area contributed by atoms with Gasteiger partial charge >= 0.3 is 6.61 Å². The number of rotatable bonds is 9. The van der Waals surface area contributed by atoms with Crippen molar-refractivity contribution < 1.29 is 27.5 Å². The van der Waals surface area contributed by atoms with Crippen LogP contribution < -0.4 is 15.4 Å². The standard InChI is InChI=1S/C21H30F3N3O3/c1-21(2,3)26-18(28)12-27(4)11-14-7-13(8-14)10-25-19(29)15-5-6-16(22)17(9-15)30-20(23)24/h5-6,9,13-14,20H,7-8,10-12H2,1-4H3,(H,25,29)(H,26,28)/t13-,14-.